The normalized spacial score (nSPS) is 37.9. The van der Waals surface area contributed by atoms with Crippen molar-refractivity contribution < 1.29 is 14.4 Å². The van der Waals surface area contributed by atoms with Crippen LogP contribution in [0, 0.1) is 34.5 Å². The Balaban J connectivity index is 1.21. The van der Waals surface area contributed by atoms with Gasteiger partial charge in [-0.25, -0.2) is 0 Å². The quantitative estimate of drug-likeness (QED) is 0.513. The van der Waals surface area contributed by atoms with Crippen molar-refractivity contribution in [2.45, 2.75) is 78.7 Å². The Morgan fingerprint density at radius 3 is 2.76 bits per heavy atom. The van der Waals surface area contributed by atoms with Crippen LogP contribution in [-0.2, 0) is 21.0 Å². The van der Waals surface area contributed by atoms with Crippen molar-refractivity contribution in [1.82, 2.24) is 5.32 Å². The van der Waals surface area contributed by atoms with Gasteiger partial charge >= 0.3 is 0 Å². The number of allylic oxidation sites excluding steroid dienone is 2. The van der Waals surface area contributed by atoms with E-state index in [2.05, 4.69) is 30.4 Å². The third-order valence-corrected chi connectivity index (χ3v) is 10.8. The molecule has 1 aromatic heterocycles. The number of hydrogen-bond acceptors (Lipinski definition) is 5. The minimum absolute atomic E-state index is 0.0441. The molecule has 0 unspecified atom stereocenters. The van der Waals surface area contributed by atoms with E-state index in [-0.39, 0.29) is 29.3 Å². The van der Waals surface area contributed by atoms with E-state index in [0.717, 1.165) is 42.2 Å². The lowest BCUT2D eigenvalue weighted by Crippen LogP contribution is -2.51. The summed E-state index contributed by atoms with van der Waals surface area (Å²) in [4.78, 5) is 31.0. The molecule has 0 aliphatic heterocycles. The van der Waals surface area contributed by atoms with E-state index in [0.29, 0.717) is 24.2 Å². The molecule has 1 aromatic rings. The van der Waals surface area contributed by atoms with Gasteiger partial charge < -0.3 is 10.2 Å². The molecule has 1 N–H and O–H groups in total. The first-order chi connectivity index (χ1) is 16.3. The highest BCUT2D eigenvalue weighted by atomic mass is 32.1. The number of ketones is 1. The SMILES string of the molecule is CC(=O)[C@@H]1CC[C@@H]2[C@@H]3CCC4=CC(=NOCC(=O)NCc5cccs5)CC[C@]4(C)[C@H]3CC[C@@]21C. The van der Waals surface area contributed by atoms with E-state index in [9.17, 15) is 9.59 Å². The monoisotopic (exact) mass is 482 g/mol. The number of fused-ring (bicyclic) bond motifs is 5. The van der Waals surface area contributed by atoms with E-state index < -0.39 is 0 Å². The minimum atomic E-state index is -0.141. The highest BCUT2D eigenvalue weighted by Crippen LogP contribution is 2.66. The summed E-state index contributed by atoms with van der Waals surface area (Å²) < 4.78 is 0. The van der Waals surface area contributed by atoms with Gasteiger partial charge in [0.15, 0.2) is 6.61 Å². The maximum absolute atomic E-state index is 12.4. The molecule has 184 valence electrons. The first-order valence-corrected chi connectivity index (χ1v) is 13.9. The van der Waals surface area contributed by atoms with Gasteiger partial charge in [-0.05, 0) is 104 Å². The van der Waals surface area contributed by atoms with Crippen LogP contribution in [0.25, 0.3) is 0 Å². The van der Waals surface area contributed by atoms with Gasteiger partial charge in [0, 0.05) is 10.8 Å². The van der Waals surface area contributed by atoms with Gasteiger partial charge in [-0.1, -0.05) is 30.6 Å². The Morgan fingerprint density at radius 1 is 1.15 bits per heavy atom. The van der Waals surface area contributed by atoms with Gasteiger partial charge in [-0.15, -0.1) is 11.3 Å². The van der Waals surface area contributed by atoms with Crippen LogP contribution in [0.1, 0.15) is 77.0 Å². The number of rotatable bonds is 6. The molecular formula is C28H38N2O3S. The number of oxime groups is 1. The van der Waals surface area contributed by atoms with Crippen molar-refractivity contribution in [2.24, 2.45) is 39.7 Å². The molecule has 4 aliphatic rings. The van der Waals surface area contributed by atoms with Gasteiger partial charge in [0.05, 0.1) is 12.3 Å². The highest BCUT2D eigenvalue weighted by molar-refractivity contribution is 7.09. The number of carbonyl (C=O) groups is 2. The molecule has 4 aliphatic carbocycles. The molecule has 1 heterocycles. The topological polar surface area (TPSA) is 67.8 Å². The van der Waals surface area contributed by atoms with Crippen molar-refractivity contribution in [3.63, 3.8) is 0 Å². The fourth-order valence-electron chi connectivity index (χ4n) is 8.13. The Hall–Kier alpha value is -1.95. The van der Waals surface area contributed by atoms with Crippen LogP contribution in [0.4, 0.5) is 0 Å². The standard InChI is InChI=1S/C28H38N2O3S/c1-18(31)23-8-9-24-22-7-6-19-15-20(10-12-27(19,2)25(22)11-13-28(23,24)3)30-33-17-26(32)29-16-21-5-4-14-34-21/h4-5,14-15,22-25H,6-13,16-17H2,1-3H3,(H,29,32)/t22-,23-,24+,25-,27-,28+/m0/s1. The third-order valence-electron chi connectivity index (χ3n) is 9.89. The predicted molar refractivity (Wildman–Crippen MR) is 135 cm³/mol. The van der Waals surface area contributed by atoms with Crippen LogP contribution < -0.4 is 5.32 Å². The smallest absolute Gasteiger partial charge is 0.261 e. The zero-order valence-corrected chi connectivity index (χ0v) is 21.6. The van der Waals surface area contributed by atoms with Crippen molar-refractivity contribution in [1.29, 1.82) is 0 Å². The maximum atomic E-state index is 12.4. The molecular weight excluding hydrogens is 444 g/mol. The second-order valence-corrected chi connectivity index (χ2v) is 12.5. The summed E-state index contributed by atoms with van der Waals surface area (Å²) in [6, 6.07) is 3.99. The van der Waals surface area contributed by atoms with Crippen LogP contribution in [0.5, 0.6) is 0 Å². The lowest BCUT2D eigenvalue weighted by molar-refractivity contribution is -0.128. The Bertz CT molecular complexity index is 999. The summed E-state index contributed by atoms with van der Waals surface area (Å²) in [5, 5.41) is 9.21. The average molecular weight is 483 g/mol. The van der Waals surface area contributed by atoms with Crippen molar-refractivity contribution >= 4 is 28.7 Å². The van der Waals surface area contributed by atoms with Crippen LogP contribution in [-0.4, -0.2) is 24.0 Å². The minimum Gasteiger partial charge on any atom is -0.385 e. The Morgan fingerprint density at radius 2 is 2.00 bits per heavy atom. The summed E-state index contributed by atoms with van der Waals surface area (Å²) in [5.74, 6) is 2.69. The fourth-order valence-corrected chi connectivity index (χ4v) is 8.78. The van der Waals surface area contributed by atoms with Gasteiger partial charge in [-0.2, -0.15) is 0 Å². The van der Waals surface area contributed by atoms with Crippen molar-refractivity contribution in [2.75, 3.05) is 6.61 Å². The van der Waals surface area contributed by atoms with Crippen molar-refractivity contribution in [3.8, 4) is 0 Å². The Labute approximate surface area is 207 Å². The number of thiophene rings is 1. The molecule has 3 saturated carbocycles. The molecule has 5 nitrogen and oxygen atoms in total. The van der Waals surface area contributed by atoms with Gasteiger partial charge in [0.2, 0.25) is 0 Å². The van der Waals surface area contributed by atoms with E-state index in [1.165, 1.54) is 31.3 Å². The number of hydrogen-bond donors (Lipinski definition) is 1. The van der Waals surface area contributed by atoms with Crippen LogP contribution in [0.15, 0.2) is 34.3 Å². The van der Waals surface area contributed by atoms with E-state index in [4.69, 9.17) is 4.84 Å². The predicted octanol–water partition coefficient (Wildman–Crippen LogP) is 5.90. The maximum Gasteiger partial charge on any atom is 0.261 e. The average Bonchev–Trinajstić information content (AvgIpc) is 3.45. The largest absolute Gasteiger partial charge is 0.385 e. The van der Waals surface area contributed by atoms with E-state index in [1.807, 2.05) is 24.4 Å². The summed E-state index contributed by atoms with van der Waals surface area (Å²) in [5.41, 5.74) is 2.93. The number of carbonyl (C=O) groups excluding carboxylic acids is 2. The zero-order valence-electron chi connectivity index (χ0n) is 20.8. The second kappa shape index (κ2) is 9.25. The molecule has 0 saturated heterocycles. The highest BCUT2D eigenvalue weighted by Gasteiger charge is 2.59. The van der Waals surface area contributed by atoms with Crippen molar-refractivity contribution in [3.05, 3.63) is 34.0 Å². The van der Waals surface area contributed by atoms with Gasteiger partial charge in [0.1, 0.15) is 5.78 Å². The number of amides is 1. The summed E-state index contributed by atoms with van der Waals surface area (Å²) in [6.45, 7) is 7.20. The lowest BCUT2D eigenvalue weighted by atomic mass is 9.46. The Kier molecular flexibility index (Phi) is 6.47. The van der Waals surface area contributed by atoms with Crippen LogP contribution >= 0.6 is 11.3 Å². The molecule has 6 heteroatoms. The summed E-state index contributed by atoms with van der Waals surface area (Å²) in [6.07, 6.45) is 11.4. The second-order valence-electron chi connectivity index (χ2n) is 11.5. The number of nitrogens with zero attached hydrogens (tertiary/aromatic N) is 1. The fraction of sp³-hybridized carbons (Fsp3) is 0.679. The number of nitrogens with one attached hydrogen (secondary N) is 1. The lowest BCUT2D eigenvalue weighted by Gasteiger charge is -2.58. The van der Waals surface area contributed by atoms with Crippen LogP contribution in [0.2, 0.25) is 0 Å². The molecule has 0 aromatic carbocycles. The van der Waals surface area contributed by atoms with E-state index >= 15 is 0 Å². The molecule has 1 amide bonds. The molecule has 34 heavy (non-hydrogen) atoms. The van der Waals surface area contributed by atoms with Gasteiger partial charge in [-0.3, -0.25) is 9.59 Å². The first kappa shape index (κ1) is 23.8. The number of Topliss-reactive ketones (excluding diaryl/α,β-unsaturated/α-hetero) is 1. The van der Waals surface area contributed by atoms with Gasteiger partial charge in [0.25, 0.3) is 5.91 Å². The third kappa shape index (κ3) is 4.16. The van der Waals surface area contributed by atoms with E-state index in [1.54, 1.807) is 11.3 Å². The molecule has 0 bridgehead atoms. The molecule has 6 atom stereocenters. The van der Waals surface area contributed by atoms with Crippen LogP contribution in [0.3, 0.4) is 0 Å². The molecule has 5 rings (SSSR count). The zero-order chi connectivity index (χ0) is 23.9. The summed E-state index contributed by atoms with van der Waals surface area (Å²) in [7, 11) is 0. The molecule has 3 fully saturated rings. The summed E-state index contributed by atoms with van der Waals surface area (Å²) >= 11 is 1.63. The molecule has 0 spiro atoms. The molecule has 0 radical (unpaired) electrons. The first-order valence-electron chi connectivity index (χ1n) is 13.0.